The van der Waals surface area contributed by atoms with Gasteiger partial charge in [0.05, 0.1) is 58.9 Å². The molecule has 0 aromatic heterocycles. The van der Waals surface area contributed by atoms with Crippen LogP contribution in [0.4, 0.5) is 4.39 Å². The number of aliphatic hydroxyl groups is 6. The molecule has 7 N–H and O–H groups in total. The number of ketones is 3. The van der Waals surface area contributed by atoms with Crippen LogP contribution in [-0.2, 0) is 71.7 Å². The number of esters is 3. The molecular formula is C82H150FN5O21. The van der Waals surface area contributed by atoms with Gasteiger partial charge in [-0.1, -0.05) is 133 Å². The largest absolute Gasteiger partial charge is 0.459 e. The molecule has 0 saturated carbocycles. The summed E-state index contributed by atoms with van der Waals surface area (Å²) >= 11 is 0. The molecule has 28 atom stereocenters. The van der Waals surface area contributed by atoms with Crippen LogP contribution in [0.3, 0.4) is 0 Å². The lowest BCUT2D eigenvalue weighted by Crippen LogP contribution is -2.56. The summed E-state index contributed by atoms with van der Waals surface area (Å²) in [5.74, 6) is -10.7. The van der Waals surface area contributed by atoms with Gasteiger partial charge < -0.3 is 83.8 Å². The van der Waals surface area contributed by atoms with Crippen LogP contribution in [0.2, 0.25) is 0 Å². The average molecular weight is 1560 g/mol. The summed E-state index contributed by atoms with van der Waals surface area (Å²) in [5, 5.41) is 84.6. The van der Waals surface area contributed by atoms with Crippen molar-refractivity contribution in [2.75, 3.05) is 74.9 Å². The third-order valence-electron chi connectivity index (χ3n) is 25.0. The Bertz CT molecular complexity index is 2910. The molecule has 0 aromatic rings. The number of rotatable bonds is 16. The summed E-state index contributed by atoms with van der Waals surface area (Å²) in [6, 6.07) is 0. The highest BCUT2D eigenvalue weighted by atomic mass is 19.1. The summed E-state index contributed by atoms with van der Waals surface area (Å²) in [7, 11) is 8.68. The Morgan fingerprint density at radius 3 is 1.01 bits per heavy atom. The highest BCUT2D eigenvalue weighted by molar-refractivity contribution is 6.01. The van der Waals surface area contributed by atoms with Gasteiger partial charge in [0.15, 0.2) is 0 Å². The zero-order valence-corrected chi connectivity index (χ0v) is 72.6. The molecule has 4 heterocycles. The molecule has 109 heavy (non-hydrogen) atoms. The molecule has 1 unspecified atom stereocenters. The summed E-state index contributed by atoms with van der Waals surface area (Å²) in [6.07, 6.45) is -3.92. The van der Waals surface area contributed by atoms with Crippen molar-refractivity contribution in [2.45, 2.75) is 308 Å². The Morgan fingerprint density at radius 1 is 0.477 bits per heavy atom. The number of carbonyl (C=O) groups excluding carboxylic acids is 6. The minimum atomic E-state index is -1.83. The first kappa shape index (κ1) is 102. The number of hydrogen-bond acceptors (Lipinski definition) is 26. The van der Waals surface area contributed by atoms with E-state index < -0.39 is 148 Å². The van der Waals surface area contributed by atoms with Gasteiger partial charge in [-0.3, -0.25) is 33.2 Å². The van der Waals surface area contributed by atoms with Gasteiger partial charge in [0.25, 0.3) is 0 Å². The van der Waals surface area contributed by atoms with E-state index in [9.17, 15) is 63.8 Å². The average Bonchev–Trinajstić information content (AvgIpc) is 1.06. The van der Waals surface area contributed by atoms with E-state index in [4.69, 9.17) is 42.9 Å². The summed E-state index contributed by atoms with van der Waals surface area (Å²) in [5.41, 5.74) is -6.00. The van der Waals surface area contributed by atoms with Crippen molar-refractivity contribution in [3.8, 4) is 0 Å². The Kier molecular flexibility index (Phi) is 42.6. The Balaban J connectivity index is 0.000000808. The second kappa shape index (κ2) is 45.4. The summed E-state index contributed by atoms with van der Waals surface area (Å²) < 4.78 is 47.3. The standard InChI is InChI=1S/C27H48N2O7.C27H50N2O7.C26H46FNO7.C2H6/c1-10-21-27(8,33)24(31)17(4)22(29-36-20-11-12-28-14-20)15(2)13-26(7,34-9)19(6)16(3)23(30)18(5)25(32)35-21;1-12-21-27(8,33)24(31)18(4)22(28-35-14-13-29(9)10)16(2)15-26(7,34-11)20(6)17(3)23(30)19(5)25(32)36-21;1-10-20-26(8,32)23(30)17(4)21(28-34-13-11-12-27)15(2)14-25(7,33-9)19(6)16(3)22(29)18(5)24(31)35-20;1-2/h15-21,24,28,31,33H,10-14H2,1-9H3;16-21,24,31,33H,12-15H2,1-11H3;15-20,23,30,32H,10-14H2,1-9H3;1-2H3/t15-,16-,17+,18-,19-,20?,21-,24-,26-,27-;16-,17-,18+,19-,20-,21-,24-,26-,27-;15-,16-,17+,18-,19-,20-,23-,25-,26-;/m111./s1. The Morgan fingerprint density at radius 2 is 0.761 bits per heavy atom. The van der Waals surface area contributed by atoms with Crippen molar-refractivity contribution in [3.05, 3.63) is 0 Å². The summed E-state index contributed by atoms with van der Waals surface area (Å²) in [6.45, 7) is 48.5. The van der Waals surface area contributed by atoms with E-state index in [1.165, 1.54) is 41.5 Å². The van der Waals surface area contributed by atoms with Gasteiger partial charge >= 0.3 is 17.9 Å². The molecule has 27 heteroatoms. The van der Waals surface area contributed by atoms with Crippen LogP contribution in [0.1, 0.15) is 231 Å². The first-order valence-corrected chi connectivity index (χ1v) is 40.1. The molecular weight excluding hydrogens is 1410 g/mol. The third kappa shape index (κ3) is 26.4. The van der Waals surface area contributed by atoms with Gasteiger partial charge in [0.2, 0.25) is 0 Å². The normalized spacial score (nSPS) is 41.6. The minimum absolute atomic E-state index is 0.0705. The number of halogens is 1. The molecule has 26 nitrogen and oxygen atoms in total. The van der Waals surface area contributed by atoms with Gasteiger partial charge in [-0.25, -0.2) is 0 Å². The fourth-order valence-corrected chi connectivity index (χ4v) is 15.8. The van der Waals surface area contributed by atoms with Crippen LogP contribution in [0.15, 0.2) is 15.5 Å². The smallest absolute Gasteiger partial charge is 0.316 e. The van der Waals surface area contributed by atoms with E-state index in [0.29, 0.717) is 56.1 Å². The van der Waals surface area contributed by atoms with Crippen molar-refractivity contribution < 1.29 is 107 Å². The molecule has 4 saturated heterocycles. The number of carbonyl (C=O) groups is 6. The van der Waals surface area contributed by atoms with Crippen LogP contribution >= 0.6 is 0 Å². The molecule has 0 amide bonds. The lowest BCUT2D eigenvalue weighted by atomic mass is 9.71. The first-order valence-electron chi connectivity index (χ1n) is 40.1. The van der Waals surface area contributed by atoms with E-state index in [1.807, 2.05) is 109 Å². The molecule has 4 rings (SSSR count). The Labute approximate surface area is 653 Å². The maximum atomic E-state index is 13.3. The molecule has 636 valence electrons. The van der Waals surface area contributed by atoms with Gasteiger partial charge in [-0.05, 0) is 139 Å². The SMILES string of the molecule is CC.CC[C@H]1OC(=O)[C@H](C)C(=O)[C@H](C)[C@@H](C)[C@](C)(OC)C[C@@H](C)C(=NOC2CCNC2)[C@H](C)[C@@H](O)[C@]1(C)O.CC[C@H]1OC(=O)[C@H](C)C(=O)[C@H](C)[C@@H](C)[C@](C)(OC)C[C@@H](C)C(=NOCCCF)[C@H](C)[C@@H](O)[C@]1(C)O.CC[C@H]1OC(=O)[C@H](C)C(=O)[C@H](C)[C@@H](C)[C@](C)(OC)C[C@@H](C)C(=NOCCN(C)C)[C@H](C)[C@@H](O)[C@]1(C)O. The number of oxime groups is 3. The van der Waals surface area contributed by atoms with E-state index in [1.54, 1.807) is 69.8 Å². The number of nitrogens with one attached hydrogen (secondary N) is 1. The molecule has 0 aliphatic carbocycles. The van der Waals surface area contributed by atoms with Gasteiger partial charge in [0, 0.05) is 101 Å². The van der Waals surface area contributed by atoms with Crippen molar-refractivity contribution in [2.24, 2.45) is 104 Å². The van der Waals surface area contributed by atoms with Gasteiger partial charge in [0.1, 0.15) is 89.5 Å². The molecule has 4 aliphatic rings. The van der Waals surface area contributed by atoms with Crippen LogP contribution in [0.5, 0.6) is 0 Å². The van der Waals surface area contributed by atoms with E-state index >= 15 is 0 Å². The number of aliphatic hydroxyl groups excluding tert-OH is 3. The number of likely N-dealkylation sites (N-methyl/N-ethyl adjacent to an activating group) is 1. The van der Waals surface area contributed by atoms with Crippen LogP contribution < -0.4 is 5.32 Å². The monoisotopic (exact) mass is 1560 g/mol. The molecule has 0 radical (unpaired) electrons. The maximum Gasteiger partial charge on any atom is 0.316 e. The fraction of sp³-hybridized carbons (Fsp3) is 0.890. The molecule has 0 aromatic carbocycles. The molecule has 0 spiro atoms. The highest BCUT2D eigenvalue weighted by Gasteiger charge is 2.53. The van der Waals surface area contributed by atoms with Crippen molar-refractivity contribution in [1.29, 1.82) is 0 Å². The minimum Gasteiger partial charge on any atom is -0.459 e. The van der Waals surface area contributed by atoms with Crippen LogP contribution in [0.25, 0.3) is 0 Å². The molecule has 0 bridgehead atoms. The lowest BCUT2D eigenvalue weighted by Gasteiger charge is -2.43. The second-order valence-corrected chi connectivity index (χ2v) is 33.1. The van der Waals surface area contributed by atoms with Gasteiger partial charge in [-0.2, -0.15) is 0 Å². The number of alkyl halides is 1. The van der Waals surface area contributed by atoms with Gasteiger partial charge in [-0.15, -0.1) is 0 Å². The topological polar surface area (TPSA) is 359 Å². The first-order chi connectivity index (χ1) is 50.4. The fourth-order valence-electron chi connectivity index (χ4n) is 15.8. The highest BCUT2D eigenvalue weighted by Crippen LogP contribution is 2.43. The van der Waals surface area contributed by atoms with E-state index in [2.05, 4.69) is 20.8 Å². The lowest BCUT2D eigenvalue weighted by molar-refractivity contribution is -0.187. The predicted molar refractivity (Wildman–Crippen MR) is 420 cm³/mol. The van der Waals surface area contributed by atoms with E-state index in [-0.39, 0.29) is 91.3 Å². The number of Topliss-reactive ketones (excluding diaryl/α,β-unsaturated/α-hetero) is 3. The number of nitrogens with zero attached hydrogens (tertiary/aromatic N) is 4. The Hall–Kier alpha value is -4.68. The number of cyclic esters (lactones) is 3. The quantitative estimate of drug-likeness (QED) is 0.0248. The number of ether oxygens (including phenoxy) is 6. The zero-order valence-electron chi connectivity index (χ0n) is 72.6. The zero-order chi connectivity index (χ0) is 84.6. The van der Waals surface area contributed by atoms with Crippen molar-refractivity contribution in [3.63, 3.8) is 0 Å². The van der Waals surface area contributed by atoms with Crippen molar-refractivity contribution in [1.82, 2.24) is 10.2 Å². The third-order valence-corrected chi connectivity index (χ3v) is 25.0. The predicted octanol–water partition coefficient (Wildman–Crippen LogP) is 10.4. The molecule has 4 aliphatic heterocycles. The van der Waals surface area contributed by atoms with Crippen molar-refractivity contribution >= 4 is 52.4 Å². The summed E-state index contributed by atoms with van der Waals surface area (Å²) in [4.78, 5) is 97.5. The second-order valence-electron chi connectivity index (χ2n) is 33.1. The maximum absolute atomic E-state index is 13.3. The number of methoxy groups -OCH3 is 3. The molecule has 4 fully saturated rings. The number of hydrogen-bond donors (Lipinski definition) is 7. The van der Waals surface area contributed by atoms with E-state index in [0.717, 1.165) is 13.0 Å². The van der Waals surface area contributed by atoms with Crippen LogP contribution in [-0.4, -0.2) is 239 Å². The van der Waals surface area contributed by atoms with Crippen LogP contribution in [0, 0.1) is 88.8 Å².